The van der Waals surface area contributed by atoms with E-state index in [1.165, 1.54) is 4.31 Å². The molecule has 8 nitrogen and oxygen atoms in total. The molecular weight excluding hydrogens is 382 g/mol. The molecule has 2 amide bonds. The topological polar surface area (TPSA) is 87.2 Å². The quantitative estimate of drug-likeness (QED) is 0.737. The third-order valence-electron chi connectivity index (χ3n) is 4.93. The molecule has 2 rings (SSSR count). The van der Waals surface area contributed by atoms with Crippen LogP contribution in [0, 0.1) is 13.8 Å². The minimum atomic E-state index is -3.66. The summed E-state index contributed by atoms with van der Waals surface area (Å²) in [5, 5.41) is 0. The summed E-state index contributed by atoms with van der Waals surface area (Å²) in [6.45, 7) is 8.89. The highest BCUT2D eigenvalue weighted by atomic mass is 32.2. The number of anilines is 1. The van der Waals surface area contributed by atoms with Gasteiger partial charge in [-0.05, 0) is 51.0 Å². The maximum atomic E-state index is 13.0. The van der Waals surface area contributed by atoms with E-state index in [2.05, 4.69) is 0 Å². The molecule has 0 aliphatic carbocycles. The van der Waals surface area contributed by atoms with E-state index in [0.717, 1.165) is 17.4 Å². The monoisotopic (exact) mass is 411 g/mol. The Morgan fingerprint density at radius 2 is 1.68 bits per heavy atom. The average Bonchev–Trinajstić information content (AvgIpc) is 2.63. The molecule has 1 heterocycles. The molecule has 0 aromatic heterocycles. The van der Waals surface area contributed by atoms with Gasteiger partial charge in [-0.1, -0.05) is 6.07 Å². The highest BCUT2D eigenvalue weighted by Crippen LogP contribution is 2.24. The van der Waals surface area contributed by atoms with Crippen LogP contribution in [0.1, 0.15) is 25.0 Å². The van der Waals surface area contributed by atoms with E-state index in [0.29, 0.717) is 38.5 Å². The van der Waals surface area contributed by atoms with E-state index in [4.69, 9.17) is 4.74 Å². The van der Waals surface area contributed by atoms with Gasteiger partial charge in [0, 0.05) is 26.2 Å². The molecule has 1 aromatic rings. The lowest BCUT2D eigenvalue weighted by Crippen LogP contribution is -2.56. The maximum absolute atomic E-state index is 13.0. The van der Waals surface area contributed by atoms with Gasteiger partial charge in [-0.2, -0.15) is 0 Å². The number of hydrogen-bond acceptors (Lipinski definition) is 5. The first kappa shape index (κ1) is 22.0. The molecule has 0 spiro atoms. The summed E-state index contributed by atoms with van der Waals surface area (Å²) >= 11 is 0. The Morgan fingerprint density at radius 1 is 1.11 bits per heavy atom. The molecule has 1 aromatic carbocycles. The molecule has 1 aliphatic rings. The third kappa shape index (κ3) is 4.95. The van der Waals surface area contributed by atoms with Gasteiger partial charge in [0.25, 0.3) is 0 Å². The number of nitrogens with zero attached hydrogens (tertiary/aromatic N) is 3. The number of sulfonamides is 1. The largest absolute Gasteiger partial charge is 0.450 e. The fourth-order valence-electron chi connectivity index (χ4n) is 3.25. The van der Waals surface area contributed by atoms with Gasteiger partial charge in [-0.25, -0.2) is 13.2 Å². The van der Waals surface area contributed by atoms with Crippen LogP contribution < -0.4 is 4.31 Å². The molecule has 0 bridgehead atoms. The van der Waals surface area contributed by atoms with Crippen LogP contribution in [0.2, 0.25) is 0 Å². The van der Waals surface area contributed by atoms with Crippen LogP contribution in [0.4, 0.5) is 10.5 Å². The molecule has 1 fully saturated rings. The van der Waals surface area contributed by atoms with E-state index in [-0.39, 0.29) is 5.91 Å². The van der Waals surface area contributed by atoms with Gasteiger partial charge < -0.3 is 14.5 Å². The van der Waals surface area contributed by atoms with Crippen molar-refractivity contribution in [2.75, 3.05) is 43.3 Å². The fourth-order valence-corrected chi connectivity index (χ4v) is 4.41. The van der Waals surface area contributed by atoms with Crippen LogP contribution in [-0.2, 0) is 19.6 Å². The van der Waals surface area contributed by atoms with Crippen molar-refractivity contribution in [2.45, 2.75) is 33.7 Å². The van der Waals surface area contributed by atoms with Crippen molar-refractivity contribution in [1.29, 1.82) is 0 Å². The lowest BCUT2D eigenvalue weighted by Gasteiger charge is -2.37. The fraction of sp³-hybridized carbons (Fsp3) is 0.579. The molecule has 0 radical (unpaired) electrons. The van der Waals surface area contributed by atoms with E-state index in [1.54, 1.807) is 35.8 Å². The number of ether oxygens (including phenoxy) is 1. The van der Waals surface area contributed by atoms with Crippen LogP contribution in [0.3, 0.4) is 0 Å². The van der Waals surface area contributed by atoms with Crippen LogP contribution >= 0.6 is 0 Å². The van der Waals surface area contributed by atoms with Crippen LogP contribution in [0.15, 0.2) is 18.2 Å². The normalized spacial score (nSPS) is 15.9. The second-order valence-electron chi connectivity index (χ2n) is 7.01. The first-order chi connectivity index (χ1) is 13.1. The molecule has 1 atom stereocenters. The van der Waals surface area contributed by atoms with Crippen molar-refractivity contribution in [1.82, 2.24) is 9.80 Å². The summed E-state index contributed by atoms with van der Waals surface area (Å²) < 4.78 is 31.1. The van der Waals surface area contributed by atoms with Crippen molar-refractivity contribution >= 4 is 27.7 Å². The van der Waals surface area contributed by atoms with Crippen molar-refractivity contribution in [2.24, 2.45) is 0 Å². The van der Waals surface area contributed by atoms with E-state index in [9.17, 15) is 18.0 Å². The Kier molecular flexibility index (Phi) is 6.92. The van der Waals surface area contributed by atoms with E-state index in [1.807, 2.05) is 19.9 Å². The molecule has 28 heavy (non-hydrogen) atoms. The van der Waals surface area contributed by atoms with Gasteiger partial charge in [0.2, 0.25) is 15.9 Å². The third-order valence-corrected chi connectivity index (χ3v) is 6.17. The molecule has 1 saturated heterocycles. The van der Waals surface area contributed by atoms with Crippen LogP contribution in [0.25, 0.3) is 0 Å². The van der Waals surface area contributed by atoms with Gasteiger partial charge in [0.05, 0.1) is 18.6 Å². The minimum Gasteiger partial charge on any atom is -0.450 e. The Bertz CT molecular complexity index is 832. The predicted molar refractivity (Wildman–Crippen MR) is 108 cm³/mol. The predicted octanol–water partition coefficient (Wildman–Crippen LogP) is 1.76. The number of amides is 2. The minimum absolute atomic E-state index is 0.285. The lowest BCUT2D eigenvalue weighted by atomic mass is 10.1. The van der Waals surface area contributed by atoms with Crippen molar-refractivity contribution in [3.8, 4) is 0 Å². The van der Waals surface area contributed by atoms with E-state index < -0.39 is 22.2 Å². The summed E-state index contributed by atoms with van der Waals surface area (Å²) in [7, 11) is -3.66. The zero-order chi connectivity index (χ0) is 21.1. The number of carbonyl (C=O) groups is 2. The number of carbonyl (C=O) groups excluding carboxylic acids is 2. The number of piperazine rings is 1. The summed E-state index contributed by atoms with van der Waals surface area (Å²) in [6, 6.07) is 4.45. The average molecular weight is 412 g/mol. The zero-order valence-corrected chi connectivity index (χ0v) is 18.0. The molecule has 1 unspecified atom stereocenters. The summed E-state index contributed by atoms with van der Waals surface area (Å²) in [5.74, 6) is -0.285. The summed E-state index contributed by atoms with van der Waals surface area (Å²) in [6.07, 6.45) is 0.709. The number of benzene rings is 1. The molecular formula is C19H29N3O5S. The van der Waals surface area contributed by atoms with Crippen molar-refractivity contribution in [3.63, 3.8) is 0 Å². The first-order valence-corrected chi connectivity index (χ1v) is 11.2. The molecule has 156 valence electrons. The second-order valence-corrected chi connectivity index (χ2v) is 8.87. The lowest BCUT2D eigenvalue weighted by molar-refractivity contribution is -0.133. The SMILES string of the molecule is CCOC(=O)N1CCN(C(=O)C(C)N(c2ccc(C)c(C)c2)S(C)(=O)=O)CC1. The smallest absolute Gasteiger partial charge is 0.409 e. The Morgan fingerprint density at radius 3 is 2.18 bits per heavy atom. The van der Waals surface area contributed by atoms with Crippen LogP contribution in [-0.4, -0.2) is 75.3 Å². The molecule has 0 N–H and O–H groups in total. The standard InChI is InChI=1S/C19H29N3O5S/c1-6-27-19(24)21-11-9-20(10-12-21)18(23)16(4)22(28(5,25)26)17-8-7-14(2)15(3)13-17/h7-8,13,16H,6,9-12H2,1-5H3. The summed E-state index contributed by atoms with van der Waals surface area (Å²) in [4.78, 5) is 28.0. The second kappa shape index (κ2) is 8.81. The molecule has 0 saturated carbocycles. The zero-order valence-electron chi connectivity index (χ0n) is 17.1. The highest BCUT2D eigenvalue weighted by molar-refractivity contribution is 7.92. The van der Waals surface area contributed by atoms with Gasteiger partial charge in [-0.3, -0.25) is 9.10 Å². The first-order valence-electron chi connectivity index (χ1n) is 9.33. The molecule has 9 heteroatoms. The van der Waals surface area contributed by atoms with Crippen molar-refractivity contribution < 1.29 is 22.7 Å². The van der Waals surface area contributed by atoms with Gasteiger partial charge in [0.15, 0.2) is 0 Å². The summed E-state index contributed by atoms with van der Waals surface area (Å²) in [5.41, 5.74) is 2.47. The number of aryl methyl sites for hydroxylation is 2. The Balaban J connectivity index is 2.17. The maximum Gasteiger partial charge on any atom is 0.409 e. The van der Waals surface area contributed by atoms with Gasteiger partial charge in [-0.15, -0.1) is 0 Å². The van der Waals surface area contributed by atoms with Gasteiger partial charge >= 0.3 is 6.09 Å². The van der Waals surface area contributed by atoms with E-state index >= 15 is 0 Å². The highest BCUT2D eigenvalue weighted by Gasteiger charge is 2.34. The Hall–Kier alpha value is -2.29. The van der Waals surface area contributed by atoms with Crippen LogP contribution in [0.5, 0.6) is 0 Å². The molecule has 1 aliphatic heterocycles. The number of hydrogen-bond donors (Lipinski definition) is 0. The number of rotatable bonds is 5. The Labute approximate surface area is 167 Å². The van der Waals surface area contributed by atoms with Gasteiger partial charge in [0.1, 0.15) is 6.04 Å². The van der Waals surface area contributed by atoms with Crippen molar-refractivity contribution in [3.05, 3.63) is 29.3 Å².